The van der Waals surface area contributed by atoms with Gasteiger partial charge in [-0.1, -0.05) is 12.1 Å². The molecule has 0 aliphatic heterocycles. The Bertz CT molecular complexity index is 353. The van der Waals surface area contributed by atoms with E-state index in [0.29, 0.717) is 6.42 Å². The minimum atomic E-state index is 0.210. The van der Waals surface area contributed by atoms with Gasteiger partial charge in [-0.3, -0.25) is 0 Å². The van der Waals surface area contributed by atoms with Crippen LogP contribution in [0.25, 0.3) is 0 Å². The fraction of sp³-hybridized carbons (Fsp3) is 0.462. The van der Waals surface area contributed by atoms with Crippen LogP contribution in [-0.2, 0) is 0 Å². The summed E-state index contributed by atoms with van der Waals surface area (Å²) in [6, 6.07) is 10.6. The minimum absolute atomic E-state index is 0.210. The molecule has 1 aromatic rings. The average molecular weight is 218 g/mol. The average Bonchev–Trinajstić information content (AvgIpc) is 2.29. The van der Waals surface area contributed by atoms with E-state index in [1.54, 1.807) is 7.11 Å². The summed E-state index contributed by atoms with van der Waals surface area (Å²) in [4.78, 5) is 0. The van der Waals surface area contributed by atoms with E-state index in [1.807, 2.05) is 31.2 Å². The molecule has 1 rings (SSSR count). The molecular formula is C13H18N2O. The van der Waals surface area contributed by atoms with Crippen molar-refractivity contribution in [2.75, 3.05) is 7.11 Å². The lowest BCUT2D eigenvalue weighted by atomic mass is 10.1. The maximum Gasteiger partial charge on any atom is 0.118 e. The molecule has 0 spiro atoms. The second-order valence-corrected chi connectivity index (χ2v) is 3.92. The molecule has 2 unspecified atom stereocenters. The van der Waals surface area contributed by atoms with Gasteiger partial charge in [0.15, 0.2) is 0 Å². The zero-order valence-corrected chi connectivity index (χ0v) is 10.0. The summed E-state index contributed by atoms with van der Waals surface area (Å²) in [6.07, 6.45) is 0.528. The Morgan fingerprint density at radius 1 is 1.31 bits per heavy atom. The number of benzene rings is 1. The van der Waals surface area contributed by atoms with Gasteiger partial charge >= 0.3 is 0 Å². The molecule has 0 fully saturated rings. The highest BCUT2D eigenvalue weighted by Gasteiger charge is 2.08. The minimum Gasteiger partial charge on any atom is -0.497 e. The number of nitrogens with zero attached hydrogens (tertiary/aromatic N) is 1. The number of methoxy groups -OCH3 is 1. The summed E-state index contributed by atoms with van der Waals surface area (Å²) in [5.41, 5.74) is 1.20. The first-order valence-corrected chi connectivity index (χ1v) is 5.44. The van der Waals surface area contributed by atoms with E-state index < -0.39 is 0 Å². The Labute approximate surface area is 97.0 Å². The van der Waals surface area contributed by atoms with Crippen molar-refractivity contribution < 1.29 is 4.74 Å². The summed E-state index contributed by atoms with van der Waals surface area (Å²) in [6.45, 7) is 4.11. The Morgan fingerprint density at radius 2 is 1.94 bits per heavy atom. The molecule has 0 heterocycles. The molecule has 3 heteroatoms. The van der Waals surface area contributed by atoms with Gasteiger partial charge in [-0.2, -0.15) is 5.26 Å². The molecule has 2 atom stereocenters. The van der Waals surface area contributed by atoms with E-state index in [4.69, 9.17) is 10.00 Å². The molecule has 1 aromatic carbocycles. The van der Waals surface area contributed by atoms with Crippen LogP contribution in [0.4, 0.5) is 0 Å². The molecule has 0 aromatic heterocycles. The van der Waals surface area contributed by atoms with E-state index in [9.17, 15) is 0 Å². The highest BCUT2D eigenvalue weighted by Crippen LogP contribution is 2.17. The normalized spacial score (nSPS) is 13.9. The molecule has 0 aliphatic rings. The van der Waals surface area contributed by atoms with Crippen LogP contribution >= 0.6 is 0 Å². The van der Waals surface area contributed by atoms with E-state index in [-0.39, 0.29) is 12.1 Å². The molecule has 0 amide bonds. The van der Waals surface area contributed by atoms with E-state index in [0.717, 1.165) is 5.75 Å². The third-order valence-corrected chi connectivity index (χ3v) is 2.55. The maximum atomic E-state index is 8.58. The predicted molar refractivity (Wildman–Crippen MR) is 64.2 cm³/mol. The maximum absolute atomic E-state index is 8.58. The summed E-state index contributed by atoms with van der Waals surface area (Å²) >= 11 is 0. The van der Waals surface area contributed by atoms with Crippen LogP contribution in [0.5, 0.6) is 5.75 Å². The first-order chi connectivity index (χ1) is 7.67. The van der Waals surface area contributed by atoms with Crippen molar-refractivity contribution in [2.24, 2.45) is 0 Å². The number of nitrogens with one attached hydrogen (secondary N) is 1. The Morgan fingerprint density at radius 3 is 2.44 bits per heavy atom. The van der Waals surface area contributed by atoms with Crippen LogP contribution in [0.15, 0.2) is 24.3 Å². The number of ether oxygens (including phenoxy) is 1. The van der Waals surface area contributed by atoms with Crippen molar-refractivity contribution in [2.45, 2.75) is 32.4 Å². The second kappa shape index (κ2) is 6.14. The summed E-state index contributed by atoms with van der Waals surface area (Å²) in [5.74, 6) is 0.862. The van der Waals surface area contributed by atoms with Crippen LogP contribution in [-0.4, -0.2) is 13.2 Å². The predicted octanol–water partition coefficient (Wildman–Crippen LogP) is 2.65. The standard InChI is InChI=1S/C13H18N2O/c1-10(8-9-14)15-11(2)12-4-6-13(16-3)7-5-12/h4-7,10-11,15H,8H2,1-3H3. The van der Waals surface area contributed by atoms with Crippen LogP contribution in [0.2, 0.25) is 0 Å². The largest absolute Gasteiger partial charge is 0.497 e. The van der Waals surface area contributed by atoms with Gasteiger partial charge < -0.3 is 10.1 Å². The molecular weight excluding hydrogens is 200 g/mol. The van der Waals surface area contributed by atoms with Crippen LogP contribution in [0.1, 0.15) is 31.9 Å². The lowest BCUT2D eigenvalue weighted by Crippen LogP contribution is -2.28. The van der Waals surface area contributed by atoms with Gasteiger partial charge in [-0.25, -0.2) is 0 Å². The quantitative estimate of drug-likeness (QED) is 0.826. The smallest absolute Gasteiger partial charge is 0.118 e. The first kappa shape index (κ1) is 12.5. The van der Waals surface area contributed by atoms with E-state index >= 15 is 0 Å². The lowest BCUT2D eigenvalue weighted by Gasteiger charge is -2.18. The number of hydrogen-bond acceptors (Lipinski definition) is 3. The molecule has 1 N–H and O–H groups in total. The van der Waals surface area contributed by atoms with Crippen LogP contribution in [0.3, 0.4) is 0 Å². The lowest BCUT2D eigenvalue weighted by molar-refractivity contribution is 0.414. The monoisotopic (exact) mass is 218 g/mol. The van der Waals surface area contributed by atoms with Gasteiger partial charge in [0.2, 0.25) is 0 Å². The van der Waals surface area contributed by atoms with Crippen LogP contribution in [0, 0.1) is 11.3 Å². The van der Waals surface area contributed by atoms with Crippen molar-refractivity contribution in [1.29, 1.82) is 5.26 Å². The fourth-order valence-corrected chi connectivity index (χ4v) is 1.61. The van der Waals surface area contributed by atoms with Crippen molar-refractivity contribution in [3.05, 3.63) is 29.8 Å². The van der Waals surface area contributed by atoms with Crippen molar-refractivity contribution in [3.8, 4) is 11.8 Å². The molecule has 0 radical (unpaired) electrons. The topological polar surface area (TPSA) is 45.0 Å². The molecule has 0 saturated heterocycles. The number of rotatable bonds is 5. The van der Waals surface area contributed by atoms with Crippen molar-refractivity contribution >= 4 is 0 Å². The Balaban J connectivity index is 2.59. The number of nitriles is 1. The van der Waals surface area contributed by atoms with Crippen molar-refractivity contribution in [1.82, 2.24) is 5.32 Å². The highest BCUT2D eigenvalue weighted by molar-refractivity contribution is 5.28. The van der Waals surface area contributed by atoms with Gasteiger partial charge in [0.1, 0.15) is 5.75 Å². The molecule has 0 aliphatic carbocycles. The summed E-state index contributed by atoms with van der Waals surface area (Å²) < 4.78 is 5.11. The van der Waals surface area contributed by atoms with Gasteiger partial charge in [0.25, 0.3) is 0 Å². The fourth-order valence-electron chi connectivity index (χ4n) is 1.61. The molecule has 0 saturated carbocycles. The van der Waals surface area contributed by atoms with E-state index in [1.165, 1.54) is 5.56 Å². The number of hydrogen-bond donors (Lipinski definition) is 1. The van der Waals surface area contributed by atoms with Gasteiger partial charge in [-0.15, -0.1) is 0 Å². The van der Waals surface area contributed by atoms with Gasteiger partial charge in [-0.05, 0) is 31.5 Å². The third kappa shape index (κ3) is 3.56. The molecule has 3 nitrogen and oxygen atoms in total. The Kier molecular flexibility index (Phi) is 4.81. The first-order valence-electron chi connectivity index (χ1n) is 5.44. The second-order valence-electron chi connectivity index (χ2n) is 3.92. The zero-order chi connectivity index (χ0) is 12.0. The summed E-state index contributed by atoms with van der Waals surface area (Å²) in [7, 11) is 1.66. The van der Waals surface area contributed by atoms with Gasteiger partial charge in [0, 0.05) is 12.1 Å². The summed E-state index contributed by atoms with van der Waals surface area (Å²) in [5, 5.41) is 12.0. The molecule has 0 bridgehead atoms. The van der Waals surface area contributed by atoms with Gasteiger partial charge in [0.05, 0.1) is 19.6 Å². The SMILES string of the molecule is COc1ccc(C(C)NC(C)CC#N)cc1. The molecule has 16 heavy (non-hydrogen) atoms. The molecule has 86 valence electrons. The zero-order valence-electron chi connectivity index (χ0n) is 10.0. The van der Waals surface area contributed by atoms with Crippen LogP contribution < -0.4 is 10.1 Å². The van der Waals surface area contributed by atoms with E-state index in [2.05, 4.69) is 18.3 Å². The third-order valence-electron chi connectivity index (χ3n) is 2.55. The Hall–Kier alpha value is -1.53. The van der Waals surface area contributed by atoms with Crippen molar-refractivity contribution in [3.63, 3.8) is 0 Å². The highest BCUT2D eigenvalue weighted by atomic mass is 16.5.